The lowest BCUT2D eigenvalue weighted by atomic mass is 9.92. The first-order valence-corrected chi connectivity index (χ1v) is 4.84. The van der Waals surface area contributed by atoms with Crippen molar-refractivity contribution in [2.24, 2.45) is 5.11 Å². The average Bonchev–Trinajstić information content (AvgIpc) is 2.30. The van der Waals surface area contributed by atoms with Crippen LogP contribution in [-0.4, -0.2) is 18.6 Å². The summed E-state index contributed by atoms with van der Waals surface area (Å²) >= 11 is 0. The molecule has 0 spiro atoms. The van der Waals surface area contributed by atoms with Crippen molar-refractivity contribution in [3.05, 3.63) is 35.9 Å². The van der Waals surface area contributed by atoms with Gasteiger partial charge in [-0.2, -0.15) is 0 Å². The Hall–Kier alpha value is -1.55. The molecule has 4 nitrogen and oxygen atoms in total. The molecule has 1 heterocycles. The predicted molar refractivity (Wildman–Crippen MR) is 53.1 cm³/mol. The third kappa shape index (κ3) is 2.10. The highest BCUT2D eigenvalue weighted by molar-refractivity contribution is 5.84. The first-order valence-electron chi connectivity index (χ1n) is 4.84. The summed E-state index contributed by atoms with van der Waals surface area (Å²) in [5, 5.41) is 2.88. The van der Waals surface area contributed by atoms with E-state index in [0.717, 1.165) is 5.56 Å². The topological polar surface area (TPSA) is 61.0 Å². The van der Waals surface area contributed by atoms with E-state index in [0.29, 0.717) is 13.0 Å². The molecule has 2 unspecified atom stereocenters. The minimum absolute atomic E-state index is 0.0803. The van der Waals surface area contributed by atoms with E-state index in [4.69, 9.17) is 10.3 Å². The van der Waals surface area contributed by atoms with Crippen molar-refractivity contribution in [2.75, 3.05) is 6.61 Å². The first-order chi connectivity index (χ1) is 7.31. The van der Waals surface area contributed by atoms with Gasteiger partial charge in [-0.25, -0.2) is 0 Å². The molecule has 1 radical (unpaired) electrons. The van der Waals surface area contributed by atoms with Crippen molar-refractivity contribution in [3.8, 4) is 0 Å². The van der Waals surface area contributed by atoms with Crippen LogP contribution in [-0.2, 0) is 9.53 Å². The van der Waals surface area contributed by atoms with E-state index in [-0.39, 0.29) is 11.7 Å². The molecule has 15 heavy (non-hydrogen) atoms. The van der Waals surface area contributed by atoms with Crippen LogP contribution in [0.5, 0.6) is 0 Å². The molecule has 4 heteroatoms. The molecule has 2 rings (SSSR count). The van der Waals surface area contributed by atoms with Gasteiger partial charge in [-0.05, 0) is 11.1 Å². The van der Waals surface area contributed by atoms with Gasteiger partial charge in [0.25, 0.3) is 0 Å². The van der Waals surface area contributed by atoms with E-state index in [2.05, 4.69) is 5.11 Å². The van der Waals surface area contributed by atoms with Gasteiger partial charge in [0.2, 0.25) is 6.23 Å². The number of rotatable bonds is 2. The number of hydrogen-bond donors (Lipinski definition) is 0. The summed E-state index contributed by atoms with van der Waals surface area (Å²) in [5.41, 5.74) is 9.58. The second-order valence-corrected chi connectivity index (χ2v) is 3.58. The largest absolute Gasteiger partial charge is 0.348 e. The standard InChI is InChI=1S/C11H11N2O2/c12-13-11-10(14)6-9(7-15-11)8-4-2-1-3-5-8/h1-5,9,11H,6-7H2. The van der Waals surface area contributed by atoms with E-state index in [9.17, 15) is 4.79 Å². The molecule has 77 valence electrons. The van der Waals surface area contributed by atoms with Crippen LogP contribution in [0.25, 0.3) is 0 Å². The lowest BCUT2D eigenvalue weighted by molar-refractivity contribution is -0.136. The van der Waals surface area contributed by atoms with Gasteiger partial charge >= 0.3 is 0 Å². The minimum Gasteiger partial charge on any atom is -0.348 e. The molecule has 0 aromatic heterocycles. The molecular formula is C11H11N2O2. The molecular weight excluding hydrogens is 192 g/mol. The van der Waals surface area contributed by atoms with Gasteiger partial charge in [-0.3, -0.25) is 4.79 Å². The fourth-order valence-corrected chi connectivity index (χ4v) is 1.74. The van der Waals surface area contributed by atoms with Crippen molar-refractivity contribution in [1.29, 1.82) is 0 Å². The van der Waals surface area contributed by atoms with Crippen LogP contribution in [0, 0.1) is 0 Å². The van der Waals surface area contributed by atoms with Crippen LogP contribution in [0.2, 0.25) is 0 Å². The van der Waals surface area contributed by atoms with Crippen molar-refractivity contribution in [3.63, 3.8) is 0 Å². The van der Waals surface area contributed by atoms with Gasteiger partial charge in [0, 0.05) is 12.3 Å². The van der Waals surface area contributed by atoms with Crippen LogP contribution in [0.15, 0.2) is 35.4 Å². The quantitative estimate of drug-likeness (QED) is 0.681. The maximum Gasteiger partial charge on any atom is 0.229 e. The molecule has 0 aliphatic carbocycles. The van der Waals surface area contributed by atoms with E-state index >= 15 is 0 Å². The summed E-state index contributed by atoms with van der Waals surface area (Å²) in [6, 6.07) is 9.74. The highest BCUT2D eigenvalue weighted by Gasteiger charge is 2.29. The van der Waals surface area contributed by atoms with Crippen LogP contribution in [0.1, 0.15) is 17.9 Å². The lowest BCUT2D eigenvalue weighted by Gasteiger charge is -2.24. The van der Waals surface area contributed by atoms with Crippen LogP contribution in [0.4, 0.5) is 0 Å². The number of carbonyl (C=O) groups excluding carboxylic acids is 1. The highest BCUT2D eigenvalue weighted by Crippen LogP contribution is 2.26. The number of hydrogen-bond acceptors (Lipinski definition) is 3. The van der Waals surface area contributed by atoms with Crippen LogP contribution in [0.3, 0.4) is 0 Å². The molecule has 0 saturated carbocycles. The van der Waals surface area contributed by atoms with Crippen molar-refractivity contribution < 1.29 is 9.53 Å². The molecule has 1 saturated heterocycles. The van der Waals surface area contributed by atoms with Crippen molar-refractivity contribution in [1.82, 2.24) is 5.53 Å². The molecule has 0 amide bonds. The third-order valence-corrected chi connectivity index (χ3v) is 2.55. The second-order valence-electron chi connectivity index (χ2n) is 3.58. The summed E-state index contributed by atoms with van der Waals surface area (Å²) in [6.45, 7) is 0.421. The third-order valence-electron chi connectivity index (χ3n) is 2.55. The molecule has 2 atom stereocenters. The Morgan fingerprint density at radius 2 is 2.07 bits per heavy atom. The van der Waals surface area contributed by atoms with Crippen LogP contribution < -0.4 is 5.53 Å². The Labute approximate surface area is 87.8 Å². The Balaban J connectivity index is 2.09. The molecule has 0 N–H and O–H groups in total. The molecule has 1 fully saturated rings. The fraction of sp³-hybridized carbons (Fsp3) is 0.364. The Morgan fingerprint density at radius 1 is 1.33 bits per heavy atom. The smallest absolute Gasteiger partial charge is 0.229 e. The maximum absolute atomic E-state index is 11.4. The highest BCUT2D eigenvalue weighted by atomic mass is 16.5. The van der Waals surface area contributed by atoms with Gasteiger partial charge in [-0.15, -0.1) is 5.11 Å². The van der Waals surface area contributed by atoms with E-state index in [1.807, 2.05) is 30.3 Å². The SMILES string of the molecule is [N]=NC1OCC(c2ccccc2)CC1=O. The Morgan fingerprint density at radius 3 is 2.67 bits per heavy atom. The number of nitrogens with zero attached hydrogens (tertiary/aromatic N) is 2. The predicted octanol–water partition coefficient (Wildman–Crippen LogP) is 1.34. The molecule has 1 aromatic carbocycles. The van der Waals surface area contributed by atoms with E-state index in [1.165, 1.54) is 0 Å². The fourth-order valence-electron chi connectivity index (χ4n) is 1.74. The number of ether oxygens (including phenoxy) is 1. The molecule has 1 aromatic rings. The number of Topliss-reactive ketones (excluding diaryl/α,β-unsaturated/α-hetero) is 1. The average molecular weight is 203 g/mol. The summed E-state index contributed by atoms with van der Waals surface area (Å²) in [6.07, 6.45) is -0.608. The zero-order valence-electron chi connectivity index (χ0n) is 8.17. The monoisotopic (exact) mass is 203 g/mol. The van der Waals surface area contributed by atoms with Gasteiger partial charge in [0.05, 0.1) is 6.61 Å². The summed E-state index contributed by atoms with van der Waals surface area (Å²) in [7, 11) is 0. The van der Waals surface area contributed by atoms with Gasteiger partial charge in [0.15, 0.2) is 5.78 Å². The minimum atomic E-state index is -0.982. The van der Waals surface area contributed by atoms with Crippen LogP contribution >= 0.6 is 0 Å². The van der Waals surface area contributed by atoms with Crippen molar-refractivity contribution in [2.45, 2.75) is 18.6 Å². The number of carbonyl (C=O) groups is 1. The summed E-state index contributed by atoms with van der Waals surface area (Å²) in [5.74, 6) is -0.0886. The second kappa shape index (κ2) is 4.31. The zero-order valence-corrected chi connectivity index (χ0v) is 8.17. The van der Waals surface area contributed by atoms with Gasteiger partial charge in [-0.1, -0.05) is 30.3 Å². The molecule has 0 bridgehead atoms. The zero-order chi connectivity index (χ0) is 10.7. The molecule has 1 aliphatic heterocycles. The van der Waals surface area contributed by atoms with E-state index in [1.54, 1.807) is 0 Å². The normalized spacial score (nSPS) is 26.3. The Bertz CT molecular complexity index is 364. The molecule has 1 aliphatic rings. The number of ketones is 1. The number of benzene rings is 1. The van der Waals surface area contributed by atoms with E-state index < -0.39 is 6.23 Å². The lowest BCUT2D eigenvalue weighted by Crippen LogP contribution is -2.32. The summed E-state index contributed by atoms with van der Waals surface area (Å²) in [4.78, 5) is 11.4. The maximum atomic E-state index is 11.4. The van der Waals surface area contributed by atoms with Gasteiger partial charge < -0.3 is 4.74 Å². The first kappa shape index (κ1) is 9.98. The Kier molecular flexibility index (Phi) is 2.87. The van der Waals surface area contributed by atoms with Crippen molar-refractivity contribution >= 4 is 5.78 Å². The van der Waals surface area contributed by atoms with Gasteiger partial charge in [0.1, 0.15) is 0 Å². The summed E-state index contributed by atoms with van der Waals surface area (Å²) < 4.78 is 5.14.